The summed E-state index contributed by atoms with van der Waals surface area (Å²) in [7, 11) is -3.97. The zero-order chi connectivity index (χ0) is 21.4. The van der Waals surface area contributed by atoms with Crippen LogP contribution in [-0.2, 0) is 16.4 Å². The van der Waals surface area contributed by atoms with E-state index in [-0.39, 0.29) is 17.7 Å². The molecule has 0 bridgehead atoms. The van der Waals surface area contributed by atoms with E-state index in [2.05, 4.69) is 4.72 Å². The summed E-state index contributed by atoms with van der Waals surface area (Å²) in [6, 6.07) is 5.39. The second-order valence-electron chi connectivity index (χ2n) is 6.89. The molecule has 0 amide bonds. The molecule has 1 saturated carbocycles. The second kappa shape index (κ2) is 7.83. The molecule has 0 aromatic heterocycles. The van der Waals surface area contributed by atoms with Gasteiger partial charge in [-0.25, -0.2) is 13.1 Å². The lowest BCUT2D eigenvalue weighted by Gasteiger charge is -2.41. The highest BCUT2D eigenvalue weighted by Crippen LogP contribution is 2.51. The molecule has 1 fully saturated rings. The Balaban J connectivity index is 2.14. The van der Waals surface area contributed by atoms with Crippen LogP contribution in [0.25, 0.3) is 0 Å². The summed E-state index contributed by atoms with van der Waals surface area (Å²) < 4.78 is 105. The van der Waals surface area contributed by atoms with Gasteiger partial charge in [-0.1, -0.05) is 25.1 Å². The van der Waals surface area contributed by atoms with Crippen molar-refractivity contribution in [1.82, 2.24) is 4.72 Å². The van der Waals surface area contributed by atoms with Crippen molar-refractivity contribution in [2.24, 2.45) is 5.92 Å². The highest BCUT2D eigenvalue weighted by molar-refractivity contribution is 7.89. The molecule has 1 aromatic rings. The first-order valence-electron chi connectivity index (χ1n) is 8.70. The maximum atomic E-state index is 13.0. The predicted octanol–water partition coefficient (Wildman–Crippen LogP) is 3.94. The third-order valence-electron chi connectivity index (χ3n) is 5.15. The highest BCUT2D eigenvalue weighted by Gasteiger charge is 2.73. The van der Waals surface area contributed by atoms with Crippen LogP contribution in [0.5, 0.6) is 0 Å². The Hall–Kier alpha value is -1.33. The van der Waals surface area contributed by atoms with Crippen molar-refractivity contribution in [3.05, 3.63) is 29.8 Å². The molecule has 0 spiro atoms. The van der Waals surface area contributed by atoms with Crippen LogP contribution in [0.4, 0.5) is 26.3 Å². The molecule has 11 heteroatoms. The van der Waals surface area contributed by atoms with E-state index in [9.17, 15) is 39.9 Å². The van der Waals surface area contributed by atoms with Gasteiger partial charge in [0, 0.05) is 12.0 Å². The predicted molar refractivity (Wildman–Crippen MR) is 88.9 cm³/mol. The average molecular weight is 433 g/mol. The quantitative estimate of drug-likeness (QED) is 0.692. The molecule has 0 atom stereocenters. The number of alkyl halides is 6. The minimum Gasteiger partial charge on any atom is -0.373 e. The van der Waals surface area contributed by atoms with Gasteiger partial charge < -0.3 is 5.11 Å². The molecule has 4 nitrogen and oxygen atoms in total. The Bertz CT molecular complexity index is 769. The van der Waals surface area contributed by atoms with Gasteiger partial charge in [-0.3, -0.25) is 0 Å². The Morgan fingerprint density at radius 1 is 1.00 bits per heavy atom. The van der Waals surface area contributed by atoms with Crippen LogP contribution in [0.2, 0.25) is 0 Å². The van der Waals surface area contributed by atoms with E-state index in [0.29, 0.717) is 12.0 Å². The summed E-state index contributed by atoms with van der Waals surface area (Å²) in [5.41, 5.74) is -4.26. The van der Waals surface area contributed by atoms with E-state index in [1.807, 2.05) is 0 Å². The molecule has 0 radical (unpaired) electrons. The Kier molecular flexibility index (Phi) is 6.42. The number of hydrogen-bond donors (Lipinski definition) is 2. The minimum absolute atomic E-state index is 0.0294. The Labute approximate surface area is 159 Å². The first kappa shape index (κ1) is 23.0. The lowest BCUT2D eigenvalue weighted by Crippen LogP contribution is -2.62. The number of hydrogen-bond acceptors (Lipinski definition) is 3. The molecular weight excluding hydrogens is 412 g/mol. The van der Waals surface area contributed by atoms with Gasteiger partial charge >= 0.3 is 12.4 Å². The molecule has 2 rings (SSSR count). The molecule has 0 heterocycles. The SMILES string of the molecule is CCc1ccccc1S(=O)(=O)NC1CCC(C(O)(C(F)(F)F)C(F)(F)F)CC1. The van der Waals surface area contributed by atoms with Crippen LogP contribution < -0.4 is 4.72 Å². The van der Waals surface area contributed by atoms with E-state index in [1.54, 1.807) is 19.1 Å². The van der Waals surface area contributed by atoms with Crippen molar-refractivity contribution >= 4 is 10.0 Å². The van der Waals surface area contributed by atoms with Crippen LogP contribution in [0, 0.1) is 5.92 Å². The highest BCUT2D eigenvalue weighted by atomic mass is 32.2. The number of sulfonamides is 1. The van der Waals surface area contributed by atoms with E-state index in [0.717, 1.165) is 0 Å². The molecule has 1 aliphatic carbocycles. The number of nitrogens with one attached hydrogen (secondary N) is 1. The van der Waals surface area contributed by atoms with Crippen LogP contribution >= 0.6 is 0 Å². The molecule has 0 aliphatic heterocycles. The molecule has 1 aliphatic rings. The lowest BCUT2D eigenvalue weighted by atomic mass is 9.74. The van der Waals surface area contributed by atoms with Gasteiger partial charge in [-0.05, 0) is 43.7 Å². The Morgan fingerprint density at radius 3 is 1.96 bits per heavy atom. The molecular formula is C17H21F6NO3S. The van der Waals surface area contributed by atoms with Gasteiger partial charge in [0.1, 0.15) is 0 Å². The van der Waals surface area contributed by atoms with Gasteiger partial charge in [0.2, 0.25) is 10.0 Å². The van der Waals surface area contributed by atoms with Crippen LogP contribution in [0.1, 0.15) is 38.2 Å². The topological polar surface area (TPSA) is 66.4 Å². The average Bonchev–Trinajstić information content (AvgIpc) is 2.59. The van der Waals surface area contributed by atoms with E-state index in [1.165, 1.54) is 12.1 Å². The molecule has 0 saturated heterocycles. The van der Waals surface area contributed by atoms with Crippen molar-refractivity contribution in [2.75, 3.05) is 0 Å². The first-order valence-corrected chi connectivity index (χ1v) is 10.2. The summed E-state index contributed by atoms with van der Waals surface area (Å²) in [4.78, 5) is 0.0294. The zero-order valence-corrected chi connectivity index (χ0v) is 15.8. The van der Waals surface area contributed by atoms with Gasteiger partial charge in [-0.2, -0.15) is 26.3 Å². The second-order valence-corrected chi connectivity index (χ2v) is 8.58. The third kappa shape index (κ3) is 4.30. The largest absolute Gasteiger partial charge is 0.426 e. The normalized spacial score (nSPS) is 22.3. The zero-order valence-electron chi connectivity index (χ0n) is 14.9. The maximum absolute atomic E-state index is 13.0. The lowest BCUT2D eigenvalue weighted by molar-refractivity contribution is -0.387. The standard InChI is InChI=1S/C17H21F6NO3S/c1-2-11-5-3-4-6-14(11)28(26,27)24-13-9-7-12(8-10-13)15(25,16(18,19)20)17(21,22)23/h3-6,12-13,24-25H,2,7-10H2,1H3. The molecule has 2 N–H and O–H groups in total. The van der Waals surface area contributed by atoms with Gasteiger partial charge in [0.05, 0.1) is 4.90 Å². The summed E-state index contributed by atoms with van der Waals surface area (Å²) in [6.45, 7) is 1.76. The fourth-order valence-corrected chi connectivity index (χ4v) is 5.21. The van der Waals surface area contributed by atoms with Crippen LogP contribution in [0.3, 0.4) is 0 Å². The van der Waals surface area contributed by atoms with Crippen LogP contribution in [0.15, 0.2) is 29.2 Å². The van der Waals surface area contributed by atoms with E-state index < -0.39 is 52.8 Å². The third-order valence-corrected chi connectivity index (χ3v) is 6.77. The molecule has 160 valence electrons. The van der Waals surface area contributed by atoms with Crippen molar-refractivity contribution in [3.8, 4) is 0 Å². The molecule has 0 unspecified atom stereocenters. The number of aliphatic hydroxyl groups is 1. The van der Waals surface area contributed by atoms with Gasteiger partial charge in [0.15, 0.2) is 0 Å². The summed E-state index contributed by atoms with van der Waals surface area (Å²) in [5, 5.41) is 9.49. The number of aryl methyl sites for hydroxylation is 1. The van der Waals surface area contributed by atoms with E-state index in [4.69, 9.17) is 0 Å². The van der Waals surface area contributed by atoms with Crippen molar-refractivity contribution in [1.29, 1.82) is 0 Å². The fourth-order valence-electron chi connectivity index (χ4n) is 3.59. The maximum Gasteiger partial charge on any atom is 0.426 e. The summed E-state index contributed by atoms with van der Waals surface area (Å²) in [6.07, 6.45) is -13.0. The monoisotopic (exact) mass is 433 g/mol. The number of rotatable bonds is 5. The van der Waals surface area contributed by atoms with E-state index >= 15 is 0 Å². The fraction of sp³-hybridized carbons (Fsp3) is 0.647. The minimum atomic E-state index is -5.87. The number of benzene rings is 1. The summed E-state index contributed by atoms with van der Waals surface area (Å²) in [5.74, 6) is -2.09. The van der Waals surface area contributed by atoms with Crippen LogP contribution in [-0.4, -0.2) is 37.5 Å². The first-order chi connectivity index (χ1) is 12.7. The smallest absolute Gasteiger partial charge is 0.373 e. The summed E-state index contributed by atoms with van der Waals surface area (Å²) >= 11 is 0. The van der Waals surface area contributed by atoms with Gasteiger partial charge in [-0.15, -0.1) is 0 Å². The van der Waals surface area contributed by atoms with Crippen molar-refractivity contribution in [3.63, 3.8) is 0 Å². The number of halogens is 6. The Morgan fingerprint density at radius 2 is 1.50 bits per heavy atom. The van der Waals surface area contributed by atoms with Crippen molar-refractivity contribution < 1.29 is 39.9 Å². The van der Waals surface area contributed by atoms with Gasteiger partial charge in [0.25, 0.3) is 5.60 Å². The van der Waals surface area contributed by atoms with Crippen molar-refractivity contribution in [2.45, 2.75) is 67.9 Å². The molecule has 1 aromatic carbocycles. The molecule has 28 heavy (non-hydrogen) atoms.